The molecule has 1 N–H and O–H groups in total. The van der Waals surface area contributed by atoms with Gasteiger partial charge >= 0.3 is 0 Å². The largest absolute Gasteiger partial charge is 0.494 e. The zero-order chi connectivity index (χ0) is 18.4. The SMILES string of the molecule is COc1ccc(CN2CCN(C(=O)CNc3ccccc3)CC2)cc1F. The van der Waals surface area contributed by atoms with E-state index in [-0.39, 0.29) is 17.5 Å². The second-order valence-corrected chi connectivity index (χ2v) is 6.35. The zero-order valence-corrected chi connectivity index (χ0v) is 15.0. The van der Waals surface area contributed by atoms with Crippen LogP contribution in [-0.4, -0.2) is 55.5 Å². The Balaban J connectivity index is 1.45. The molecule has 0 unspecified atom stereocenters. The Morgan fingerprint density at radius 2 is 1.85 bits per heavy atom. The van der Waals surface area contributed by atoms with Gasteiger partial charge < -0.3 is 15.0 Å². The maximum Gasteiger partial charge on any atom is 0.241 e. The van der Waals surface area contributed by atoms with Gasteiger partial charge in [-0.25, -0.2) is 4.39 Å². The Hall–Kier alpha value is -2.60. The van der Waals surface area contributed by atoms with E-state index in [2.05, 4.69) is 10.2 Å². The first kappa shape index (κ1) is 18.2. The monoisotopic (exact) mass is 357 g/mol. The molecule has 0 bridgehead atoms. The Morgan fingerprint density at radius 3 is 2.50 bits per heavy atom. The summed E-state index contributed by atoms with van der Waals surface area (Å²) in [4.78, 5) is 16.4. The quantitative estimate of drug-likeness (QED) is 0.863. The van der Waals surface area contributed by atoms with E-state index < -0.39 is 0 Å². The van der Waals surface area contributed by atoms with Crippen molar-refractivity contribution >= 4 is 11.6 Å². The van der Waals surface area contributed by atoms with E-state index >= 15 is 0 Å². The minimum Gasteiger partial charge on any atom is -0.494 e. The van der Waals surface area contributed by atoms with Crippen LogP contribution >= 0.6 is 0 Å². The van der Waals surface area contributed by atoms with Gasteiger partial charge in [-0.1, -0.05) is 24.3 Å². The molecule has 3 rings (SSSR count). The number of carbonyl (C=O) groups is 1. The maximum atomic E-state index is 13.8. The minimum atomic E-state index is -0.342. The van der Waals surface area contributed by atoms with Crippen LogP contribution in [-0.2, 0) is 11.3 Å². The van der Waals surface area contributed by atoms with E-state index in [1.165, 1.54) is 13.2 Å². The van der Waals surface area contributed by atoms with E-state index in [1.54, 1.807) is 6.07 Å². The molecule has 1 aliphatic heterocycles. The second-order valence-electron chi connectivity index (χ2n) is 6.35. The van der Waals surface area contributed by atoms with E-state index in [0.717, 1.165) is 24.3 Å². The summed E-state index contributed by atoms with van der Waals surface area (Å²) in [6, 6.07) is 14.8. The molecule has 1 heterocycles. The minimum absolute atomic E-state index is 0.101. The number of rotatable bonds is 6. The van der Waals surface area contributed by atoms with E-state index in [9.17, 15) is 9.18 Å². The number of nitrogens with one attached hydrogen (secondary N) is 1. The molecule has 2 aromatic rings. The normalized spacial score (nSPS) is 14.9. The predicted molar refractivity (Wildman–Crippen MR) is 99.7 cm³/mol. The molecule has 5 nitrogen and oxygen atoms in total. The standard InChI is InChI=1S/C20H24FN3O2/c1-26-19-8-7-16(13-18(19)21)15-23-9-11-24(12-10-23)20(25)14-22-17-5-3-2-4-6-17/h2-8,13,22H,9-12,14-15H2,1H3. The van der Waals surface area contributed by atoms with Crippen molar-refractivity contribution in [2.24, 2.45) is 0 Å². The Kier molecular flexibility index (Phi) is 6.07. The number of carbonyl (C=O) groups excluding carboxylic acids is 1. The second kappa shape index (κ2) is 8.67. The van der Waals surface area contributed by atoms with Crippen molar-refractivity contribution in [1.82, 2.24) is 9.80 Å². The molecule has 1 amide bonds. The van der Waals surface area contributed by atoms with Crippen molar-refractivity contribution in [3.8, 4) is 5.75 Å². The Morgan fingerprint density at radius 1 is 1.12 bits per heavy atom. The van der Waals surface area contributed by atoms with Crippen molar-refractivity contribution in [2.75, 3.05) is 45.2 Å². The first-order valence-corrected chi connectivity index (χ1v) is 8.77. The first-order valence-electron chi connectivity index (χ1n) is 8.77. The Bertz CT molecular complexity index is 731. The molecule has 0 aliphatic carbocycles. The van der Waals surface area contributed by atoms with Gasteiger partial charge in [0.1, 0.15) is 0 Å². The van der Waals surface area contributed by atoms with Crippen molar-refractivity contribution < 1.29 is 13.9 Å². The number of hydrogen-bond acceptors (Lipinski definition) is 4. The molecule has 1 saturated heterocycles. The molecule has 1 fully saturated rings. The molecule has 6 heteroatoms. The number of anilines is 1. The lowest BCUT2D eigenvalue weighted by molar-refractivity contribution is -0.131. The summed E-state index contributed by atoms with van der Waals surface area (Å²) in [6.45, 7) is 3.91. The van der Waals surface area contributed by atoms with Gasteiger partial charge in [-0.2, -0.15) is 0 Å². The van der Waals surface area contributed by atoms with Crippen molar-refractivity contribution in [3.05, 3.63) is 59.9 Å². The molecule has 138 valence electrons. The van der Waals surface area contributed by atoms with Gasteiger partial charge in [0.25, 0.3) is 0 Å². The summed E-state index contributed by atoms with van der Waals surface area (Å²) in [6.07, 6.45) is 0. The van der Waals surface area contributed by atoms with Crippen LogP contribution in [0.5, 0.6) is 5.75 Å². The topological polar surface area (TPSA) is 44.8 Å². The number of para-hydroxylation sites is 1. The van der Waals surface area contributed by atoms with Gasteiger partial charge in [-0.15, -0.1) is 0 Å². The fraction of sp³-hybridized carbons (Fsp3) is 0.350. The third kappa shape index (κ3) is 4.73. The molecule has 0 radical (unpaired) electrons. The average molecular weight is 357 g/mol. The Labute approximate surface area is 153 Å². The van der Waals surface area contributed by atoms with Gasteiger partial charge in [0, 0.05) is 38.4 Å². The van der Waals surface area contributed by atoms with Crippen LogP contribution in [0.15, 0.2) is 48.5 Å². The lowest BCUT2D eigenvalue weighted by Gasteiger charge is -2.35. The number of amides is 1. The number of benzene rings is 2. The molecule has 0 spiro atoms. The highest BCUT2D eigenvalue weighted by atomic mass is 19.1. The van der Waals surface area contributed by atoms with Crippen molar-refractivity contribution in [1.29, 1.82) is 0 Å². The highest BCUT2D eigenvalue weighted by Crippen LogP contribution is 2.19. The summed E-state index contributed by atoms with van der Waals surface area (Å²) in [5, 5.41) is 3.15. The molecular weight excluding hydrogens is 333 g/mol. The van der Waals surface area contributed by atoms with Crippen LogP contribution in [0.3, 0.4) is 0 Å². The van der Waals surface area contributed by atoms with Gasteiger partial charge in [-0.3, -0.25) is 9.69 Å². The molecule has 0 atom stereocenters. The van der Waals surface area contributed by atoms with E-state index in [4.69, 9.17) is 4.74 Å². The van der Waals surface area contributed by atoms with Gasteiger partial charge in [0.2, 0.25) is 5.91 Å². The summed E-state index contributed by atoms with van der Waals surface area (Å²) in [5.41, 5.74) is 1.86. The van der Waals surface area contributed by atoms with Gasteiger partial charge in [0.15, 0.2) is 11.6 Å². The summed E-state index contributed by atoms with van der Waals surface area (Å²) < 4.78 is 18.7. The number of methoxy groups -OCH3 is 1. The number of halogens is 1. The van der Waals surface area contributed by atoms with Crippen molar-refractivity contribution in [2.45, 2.75) is 6.54 Å². The van der Waals surface area contributed by atoms with Crippen molar-refractivity contribution in [3.63, 3.8) is 0 Å². The lowest BCUT2D eigenvalue weighted by Crippen LogP contribution is -2.49. The fourth-order valence-electron chi connectivity index (χ4n) is 3.07. The van der Waals surface area contributed by atoms with Gasteiger partial charge in [0.05, 0.1) is 13.7 Å². The molecule has 26 heavy (non-hydrogen) atoms. The number of piperazine rings is 1. The highest BCUT2D eigenvalue weighted by molar-refractivity contribution is 5.81. The van der Waals surface area contributed by atoms with Crippen LogP contribution in [0.25, 0.3) is 0 Å². The van der Waals surface area contributed by atoms with Gasteiger partial charge in [-0.05, 0) is 29.8 Å². The maximum absolute atomic E-state index is 13.8. The lowest BCUT2D eigenvalue weighted by atomic mass is 10.2. The summed E-state index contributed by atoms with van der Waals surface area (Å²) in [5.74, 6) is 0.0184. The molecule has 0 aromatic heterocycles. The molecule has 1 aliphatic rings. The van der Waals surface area contributed by atoms with Crippen LogP contribution in [0.4, 0.5) is 10.1 Å². The van der Waals surface area contributed by atoms with Crippen LogP contribution < -0.4 is 10.1 Å². The zero-order valence-electron chi connectivity index (χ0n) is 15.0. The number of nitrogens with zero attached hydrogens (tertiary/aromatic N) is 2. The first-order chi connectivity index (χ1) is 12.7. The van der Waals surface area contributed by atoms with E-state index in [0.29, 0.717) is 26.2 Å². The number of hydrogen-bond donors (Lipinski definition) is 1. The highest BCUT2D eigenvalue weighted by Gasteiger charge is 2.21. The average Bonchev–Trinajstić information content (AvgIpc) is 2.68. The third-order valence-electron chi connectivity index (χ3n) is 4.56. The number of ether oxygens (including phenoxy) is 1. The van der Waals surface area contributed by atoms with Crippen LogP contribution in [0, 0.1) is 5.82 Å². The van der Waals surface area contributed by atoms with Crippen LogP contribution in [0.2, 0.25) is 0 Å². The van der Waals surface area contributed by atoms with E-state index in [1.807, 2.05) is 41.3 Å². The molecular formula is C20H24FN3O2. The van der Waals surface area contributed by atoms with Crippen LogP contribution in [0.1, 0.15) is 5.56 Å². The third-order valence-corrected chi connectivity index (χ3v) is 4.56. The predicted octanol–water partition coefficient (Wildman–Crippen LogP) is 2.59. The molecule has 0 saturated carbocycles. The smallest absolute Gasteiger partial charge is 0.241 e. The summed E-state index contributed by atoms with van der Waals surface area (Å²) >= 11 is 0. The fourth-order valence-corrected chi connectivity index (χ4v) is 3.07. The molecule has 2 aromatic carbocycles. The summed E-state index contributed by atoms with van der Waals surface area (Å²) in [7, 11) is 1.46.